The first-order valence-electron chi connectivity index (χ1n) is 3.18. The molecule has 0 aliphatic carbocycles. The number of likely N-dealkylation sites (tertiary alicyclic amines) is 1. The fourth-order valence-corrected chi connectivity index (χ4v) is 1.02. The predicted molar refractivity (Wildman–Crippen MR) is 33.1 cm³/mol. The zero-order valence-corrected chi connectivity index (χ0v) is 5.34. The minimum absolute atomic E-state index is 0.160. The molecular weight excluding hydrogens is 118 g/mol. The second-order valence-corrected chi connectivity index (χ2v) is 2.29. The molecule has 1 N–H and O–H groups in total. The molecule has 1 saturated heterocycles. The molecular formula is C6H11NO2. The van der Waals surface area contributed by atoms with Crippen molar-refractivity contribution >= 4 is 5.78 Å². The highest BCUT2D eigenvalue weighted by atomic mass is 16.3. The smallest absolute Gasteiger partial charge is 0.148 e. The van der Waals surface area contributed by atoms with Crippen LogP contribution < -0.4 is 0 Å². The van der Waals surface area contributed by atoms with Crippen molar-refractivity contribution in [3.63, 3.8) is 0 Å². The Morgan fingerprint density at radius 3 is 2.89 bits per heavy atom. The van der Waals surface area contributed by atoms with Gasteiger partial charge in [-0.3, -0.25) is 9.69 Å². The van der Waals surface area contributed by atoms with E-state index in [9.17, 15) is 4.79 Å². The van der Waals surface area contributed by atoms with Crippen LogP contribution in [0.1, 0.15) is 6.42 Å². The molecule has 0 atom stereocenters. The number of carbonyl (C=O) groups excluding carboxylic acids is 1. The van der Waals surface area contributed by atoms with Crippen LogP contribution in [0.5, 0.6) is 0 Å². The van der Waals surface area contributed by atoms with E-state index in [0.29, 0.717) is 25.3 Å². The van der Waals surface area contributed by atoms with Crippen molar-refractivity contribution in [2.75, 3.05) is 26.2 Å². The van der Waals surface area contributed by atoms with E-state index < -0.39 is 0 Å². The fourth-order valence-electron chi connectivity index (χ4n) is 1.02. The number of aliphatic hydroxyl groups excluding tert-OH is 1. The molecule has 1 rings (SSSR count). The van der Waals surface area contributed by atoms with Crippen LogP contribution in [0, 0.1) is 0 Å². The van der Waals surface area contributed by atoms with E-state index in [1.54, 1.807) is 0 Å². The summed E-state index contributed by atoms with van der Waals surface area (Å²) in [6.07, 6.45) is 0.667. The second kappa shape index (κ2) is 2.94. The SMILES string of the molecule is O=C1CCN(CCO)C1. The predicted octanol–water partition coefficient (Wildman–Crippen LogP) is -0.747. The molecule has 0 amide bonds. The minimum atomic E-state index is 0.160. The van der Waals surface area contributed by atoms with Crippen molar-refractivity contribution in [3.8, 4) is 0 Å². The average molecular weight is 129 g/mol. The molecule has 0 unspecified atom stereocenters. The second-order valence-electron chi connectivity index (χ2n) is 2.29. The number of aliphatic hydroxyl groups is 1. The van der Waals surface area contributed by atoms with Gasteiger partial charge in [0, 0.05) is 19.5 Å². The van der Waals surface area contributed by atoms with E-state index in [1.165, 1.54) is 0 Å². The highest BCUT2D eigenvalue weighted by Crippen LogP contribution is 2.01. The Labute approximate surface area is 54.3 Å². The van der Waals surface area contributed by atoms with Crippen molar-refractivity contribution in [3.05, 3.63) is 0 Å². The normalized spacial score (nSPS) is 21.2. The van der Waals surface area contributed by atoms with Crippen LogP contribution in [0.3, 0.4) is 0 Å². The van der Waals surface area contributed by atoms with Crippen molar-refractivity contribution in [2.45, 2.75) is 6.42 Å². The van der Waals surface area contributed by atoms with Gasteiger partial charge < -0.3 is 5.11 Å². The van der Waals surface area contributed by atoms with E-state index in [4.69, 9.17) is 5.11 Å². The third-order valence-electron chi connectivity index (χ3n) is 1.52. The molecule has 0 radical (unpaired) electrons. The van der Waals surface area contributed by atoms with Gasteiger partial charge in [-0.05, 0) is 0 Å². The quantitative estimate of drug-likeness (QED) is 0.533. The van der Waals surface area contributed by atoms with Crippen LogP contribution in [0.25, 0.3) is 0 Å². The van der Waals surface area contributed by atoms with Gasteiger partial charge in [0.05, 0.1) is 13.2 Å². The van der Waals surface area contributed by atoms with E-state index >= 15 is 0 Å². The summed E-state index contributed by atoms with van der Waals surface area (Å²) in [6, 6.07) is 0. The summed E-state index contributed by atoms with van der Waals surface area (Å²) < 4.78 is 0. The first-order valence-corrected chi connectivity index (χ1v) is 3.18. The molecule has 1 aliphatic heterocycles. The maximum absolute atomic E-state index is 10.6. The molecule has 1 fully saturated rings. The zero-order valence-electron chi connectivity index (χ0n) is 5.34. The van der Waals surface area contributed by atoms with E-state index in [2.05, 4.69) is 0 Å². The minimum Gasteiger partial charge on any atom is -0.395 e. The standard InChI is InChI=1S/C6H11NO2/c8-4-3-7-2-1-6(9)5-7/h8H,1-5H2. The van der Waals surface area contributed by atoms with Crippen LogP contribution >= 0.6 is 0 Å². The van der Waals surface area contributed by atoms with Gasteiger partial charge in [0.1, 0.15) is 5.78 Å². The maximum Gasteiger partial charge on any atom is 0.148 e. The molecule has 0 spiro atoms. The molecule has 1 aliphatic rings. The summed E-state index contributed by atoms with van der Waals surface area (Å²) in [5, 5.41) is 8.46. The van der Waals surface area contributed by atoms with E-state index in [1.807, 2.05) is 4.90 Å². The molecule has 0 bridgehead atoms. The number of rotatable bonds is 2. The maximum atomic E-state index is 10.6. The van der Waals surface area contributed by atoms with Gasteiger partial charge in [-0.2, -0.15) is 0 Å². The van der Waals surface area contributed by atoms with Crippen molar-refractivity contribution in [2.24, 2.45) is 0 Å². The Hall–Kier alpha value is -0.410. The molecule has 52 valence electrons. The topological polar surface area (TPSA) is 40.5 Å². The summed E-state index contributed by atoms with van der Waals surface area (Å²) >= 11 is 0. The van der Waals surface area contributed by atoms with Gasteiger partial charge in [-0.15, -0.1) is 0 Å². The summed E-state index contributed by atoms with van der Waals surface area (Å²) in [4.78, 5) is 12.6. The number of hydrogen-bond acceptors (Lipinski definition) is 3. The van der Waals surface area contributed by atoms with Gasteiger partial charge in [-0.1, -0.05) is 0 Å². The van der Waals surface area contributed by atoms with Gasteiger partial charge in [-0.25, -0.2) is 0 Å². The monoisotopic (exact) mass is 129 g/mol. The molecule has 9 heavy (non-hydrogen) atoms. The lowest BCUT2D eigenvalue weighted by Gasteiger charge is -2.09. The summed E-state index contributed by atoms with van der Waals surface area (Å²) in [7, 11) is 0. The summed E-state index contributed by atoms with van der Waals surface area (Å²) in [5.41, 5.74) is 0. The van der Waals surface area contributed by atoms with Crippen molar-refractivity contribution in [1.29, 1.82) is 0 Å². The van der Waals surface area contributed by atoms with Crippen molar-refractivity contribution in [1.82, 2.24) is 4.90 Å². The van der Waals surface area contributed by atoms with Gasteiger partial charge in [0.2, 0.25) is 0 Å². The third kappa shape index (κ3) is 1.77. The fraction of sp³-hybridized carbons (Fsp3) is 0.833. The van der Waals surface area contributed by atoms with Gasteiger partial charge in [0.25, 0.3) is 0 Å². The lowest BCUT2D eigenvalue weighted by Crippen LogP contribution is -2.23. The Morgan fingerprint density at radius 1 is 1.67 bits per heavy atom. The lowest BCUT2D eigenvalue weighted by molar-refractivity contribution is -0.116. The van der Waals surface area contributed by atoms with Crippen LogP contribution in [0.4, 0.5) is 0 Å². The Balaban J connectivity index is 2.22. The zero-order chi connectivity index (χ0) is 6.69. The summed E-state index contributed by atoms with van der Waals surface area (Å²) in [6.45, 7) is 2.18. The molecule has 0 saturated carbocycles. The number of nitrogens with zero attached hydrogens (tertiary/aromatic N) is 1. The van der Waals surface area contributed by atoms with Crippen LogP contribution in [0.2, 0.25) is 0 Å². The lowest BCUT2D eigenvalue weighted by atomic mass is 10.4. The molecule has 1 heterocycles. The first kappa shape index (κ1) is 6.71. The van der Waals surface area contributed by atoms with Gasteiger partial charge >= 0.3 is 0 Å². The molecule has 3 nitrogen and oxygen atoms in total. The number of carbonyl (C=O) groups is 1. The van der Waals surface area contributed by atoms with Crippen molar-refractivity contribution < 1.29 is 9.90 Å². The number of β-amino-alcohol motifs (C(OH)–C–C–N with tert-alkyl or cyclic N) is 1. The van der Waals surface area contributed by atoms with Gasteiger partial charge in [0.15, 0.2) is 0 Å². The Bertz CT molecular complexity index is 114. The third-order valence-corrected chi connectivity index (χ3v) is 1.52. The highest BCUT2D eigenvalue weighted by Gasteiger charge is 2.17. The largest absolute Gasteiger partial charge is 0.395 e. The highest BCUT2D eigenvalue weighted by molar-refractivity contribution is 5.82. The molecule has 0 aromatic rings. The number of hydrogen-bond donors (Lipinski definition) is 1. The van der Waals surface area contributed by atoms with Crippen LogP contribution in [-0.2, 0) is 4.79 Å². The summed E-state index contributed by atoms with van der Waals surface area (Å²) in [5.74, 6) is 0.295. The molecule has 3 heteroatoms. The Morgan fingerprint density at radius 2 is 2.44 bits per heavy atom. The number of Topliss-reactive ketones (excluding diaryl/α,β-unsaturated/α-hetero) is 1. The first-order chi connectivity index (χ1) is 4.33. The average Bonchev–Trinajstić information content (AvgIpc) is 2.17. The Kier molecular flexibility index (Phi) is 2.19. The van der Waals surface area contributed by atoms with Crippen LogP contribution in [-0.4, -0.2) is 42.0 Å². The van der Waals surface area contributed by atoms with Crippen LogP contribution in [0.15, 0.2) is 0 Å². The van der Waals surface area contributed by atoms with E-state index in [-0.39, 0.29) is 6.61 Å². The number of ketones is 1. The molecule has 0 aromatic heterocycles. The van der Waals surface area contributed by atoms with E-state index in [0.717, 1.165) is 6.54 Å². The molecule has 0 aromatic carbocycles.